The standard InChI is InChI=1S/C55H61ClF4N6O8S4/c1-36(2)66-37(3)52(76(5,69)70)50(51(66)38-11-13-40(56)14-12-38)39-31-41(57)33-45(32-39)65-29-27-64(28-30-65)44-17-15-42(16-18-44)62-78(73,74)47-19-20-48(49(34-47)77(71,72)55(58,59)60)61-43(35-75-46-9-7-6-8-10-46)21-24-63-25-22-54(4,23-26-63)53(67)68/h6-20,31-34,36,43,61-62H,21-30,35H2,1-5H3,(H,67,68). The van der Waals surface area contributed by atoms with E-state index in [4.69, 9.17) is 11.6 Å². The van der Waals surface area contributed by atoms with Gasteiger partial charge in [0.15, 0.2) is 9.84 Å². The van der Waals surface area contributed by atoms with Crippen LogP contribution in [0.25, 0.3) is 22.4 Å². The van der Waals surface area contributed by atoms with Gasteiger partial charge in [-0.15, -0.1) is 11.8 Å². The Bertz CT molecular complexity index is 3500. The van der Waals surface area contributed by atoms with Gasteiger partial charge in [0, 0.05) is 95.1 Å². The Labute approximate surface area is 462 Å². The summed E-state index contributed by atoms with van der Waals surface area (Å²) in [5.41, 5.74) is -3.14. The largest absolute Gasteiger partial charge is 0.501 e. The highest BCUT2D eigenvalue weighted by atomic mass is 35.5. The topological polar surface area (TPSA) is 178 Å². The van der Waals surface area contributed by atoms with Crippen molar-refractivity contribution in [2.24, 2.45) is 5.41 Å². The molecular formula is C55H61ClF4N6O8S4. The van der Waals surface area contributed by atoms with Gasteiger partial charge >= 0.3 is 11.5 Å². The van der Waals surface area contributed by atoms with Crippen LogP contribution in [0.4, 0.5) is 40.3 Å². The molecular weight excluding hydrogens is 1110 g/mol. The van der Waals surface area contributed by atoms with E-state index in [9.17, 15) is 48.3 Å². The van der Waals surface area contributed by atoms with Crippen molar-refractivity contribution in [1.82, 2.24) is 9.47 Å². The molecule has 1 aromatic heterocycles. The van der Waals surface area contributed by atoms with Gasteiger partial charge in [-0.05, 0) is 156 Å². The number of rotatable bonds is 19. The number of carboxylic acids is 1. The number of anilines is 4. The first kappa shape index (κ1) is 58.4. The summed E-state index contributed by atoms with van der Waals surface area (Å²) in [6.45, 7) is 10.5. The van der Waals surface area contributed by atoms with E-state index in [1.807, 2.05) is 58.5 Å². The number of benzene rings is 5. The zero-order valence-electron chi connectivity index (χ0n) is 43.5. The summed E-state index contributed by atoms with van der Waals surface area (Å²) >= 11 is 7.65. The number of hydrogen-bond acceptors (Lipinski definition) is 12. The van der Waals surface area contributed by atoms with Crippen LogP contribution in [0.5, 0.6) is 0 Å². The van der Waals surface area contributed by atoms with Crippen molar-refractivity contribution in [3.05, 3.63) is 132 Å². The monoisotopic (exact) mass is 1170 g/mol. The van der Waals surface area contributed by atoms with Crippen molar-refractivity contribution in [3.8, 4) is 22.4 Å². The smallest absolute Gasteiger partial charge is 0.481 e. The molecule has 0 spiro atoms. The number of aliphatic carboxylic acids is 1. The second kappa shape index (κ2) is 23.1. The number of thioether (sulfide) groups is 1. The molecule has 0 saturated carbocycles. The fraction of sp³-hybridized carbons (Fsp3) is 0.364. The van der Waals surface area contributed by atoms with Crippen LogP contribution in [0.15, 0.2) is 135 Å². The highest BCUT2D eigenvalue weighted by molar-refractivity contribution is 7.99. The first-order chi connectivity index (χ1) is 36.6. The molecule has 0 bridgehead atoms. The average molecular weight is 1170 g/mol. The maximum Gasteiger partial charge on any atom is 0.501 e. The van der Waals surface area contributed by atoms with Crippen LogP contribution in [0.2, 0.25) is 5.02 Å². The van der Waals surface area contributed by atoms with E-state index in [0.717, 1.165) is 23.3 Å². The number of piperidine rings is 1. The van der Waals surface area contributed by atoms with Gasteiger partial charge in [-0.25, -0.2) is 29.6 Å². The Hall–Kier alpha value is -5.78. The summed E-state index contributed by atoms with van der Waals surface area (Å²) in [6, 6.07) is 28.9. The van der Waals surface area contributed by atoms with Crippen molar-refractivity contribution in [2.45, 2.75) is 84.1 Å². The van der Waals surface area contributed by atoms with E-state index >= 15 is 4.39 Å². The van der Waals surface area contributed by atoms with Crippen molar-refractivity contribution in [2.75, 3.05) is 77.7 Å². The lowest BCUT2D eigenvalue weighted by atomic mass is 9.80. The fourth-order valence-electron chi connectivity index (χ4n) is 10.1. The van der Waals surface area contributed by atoms with E-state index in [1.54, 1.807) is 56.3 Å². The van der Waals surface area contributed by atoms with Crippen molar-refractivity contribution in [1.29, 1.82) is 0 Å². The number of halogens is 5. The highest BCUT2D eigenvalue weighted by Crippen LogP contribution is 2.45. The molecule has 2 aliphatic rings. The van der Waals surface area contributed by atoms with Crippen LogP contribution in [0, 0.1) is 18.2 Å². The first-order valence-corrected chi connectivity index (χ1v) is 31.4. The van der Waals surface area contributed by atoms with Gasteiger partial charge in [0.2, 0.25) is 0 Å². The summed E-state index contributed by atoms with van der Waals surface area (Å²) in [7, 11) is -14.6. The molecule has 2 aliphatic heterocycles. The van der Waals surface area contributed by atoms with Crippen molar-refractivity contribution in [3.63, 3.8) is 0 Å². The van der Waals surface area contributed by atoms with Crippen molar-refractivity contribution >= 4 is 81.8 Å². The lowest BCUT2D eigenvalue weighted by Gasteiger charge is -2.37. The number of likely N-dealkylation sites (tertiary alicyclic amines) is 1. The number of nitrogens with zero attached hydrogens (tertiary/aromatic N) is 4. The van der Waals surface area contributed by atoms with Crippen LogP contribution >= 0.6 is 23.4 Å². The Balaban J connectivity index is 0.983. The third-order valence-corrected chi connectivity index (χ3v) is 20.0. The number of aromatic nitrogens is 1. The van der Waals surface area contributed by atoms with Gasteiger partial charge in [0.1, 0.15) is 10.7 Å². The Morgan fingerprint density at radius 2 is 1.41 bits per heavy atom. The minimum atomic E-state index is -6.10. The van der Waals surface area contributed by atoms with Crippen LogP contribution in [0.3, 0.4) is 0 Å². The molecule has 5 aromatic carbocycles. The summed E-state index contributed by atoms with van der Waals surface area (Å²) < 4.78 is 144. The third kappa shape index (κ3) is 12.9. The number of alkyl halides is 3. The molecule has 23 heteroatoms. The summed E-state index contributed by atoms with van der Waals surface area (Å²) in [5.74, 6) is -1.14. The Kier molecular flexibility index (Phi) is 17.3. The van der Waals surface area contributed by atoms with E-state index in [1.165, 1.54) is 36.0 Å². The van der Waals surface area contributed by atoms with Crippen LogP contribution in [0.1, 0.15) is 51.8 Å². The zero-order valence-corrected chi connectivity index (χ0v) is 47.5. The van der Waals surface area contributed by atoms with Gasteiger partial charge in [-0.3, -0.25) is 9.52 Å². The first-order valence-electron chi connectivity index (χ1n) is 25.2. The minimum absolute atomic E-state index is 0.0551. The predicted octanol–water partition coefficient (Wildman–Crippen LogP) is 11.5. The van der Waals surface area contributed by atoms with E-state index in [2.05, 4.69) is 14.9 Å². The molecule has 6 aromatic rings. The summed E-state index contributed by atoms with van der Waals surface area (Å²) in [4.78, 5) is 16.9. The predicted molar refractivity (Wildman–Crippen MR) is 300 cm³/mol. The molecule has 3 N–H and O–H groups in total. The maximum absolute atomic E-state index is 15.8. The molecule has 2 fully saturated rings. The molecule has 8 rings (SSSR count). The molecule has 3 heterocycles. The molecule has 14 nitrogen and oxygen atoms in total. The van der Waals surface area contributed by atoms with E-state index in [-0.39, 0.29) is 16.6 Å². The van der Waals surface area contributed by atoms with Crippen LogP contribution in [-0.2, 0) is 34.5 Å². The second-order valence-corrected chi connectivity index (χ2v) is 27.3. The SMILES string of the molecule is Cc1c(S(C)(=O)=O)c(-c2cc(F)cc(N3CCN(c4ccc(NS(=O)(=O)c5ccc(NC(CCN6CCC(C)(C(=O)O)CC6)CSc6ccccc6)c(S(=O)(=O)C(F)(F)F)c5)cc4)CC3)c2)c(-c2ccc(Cl)cc2)n1C(C)C. The quantitative estimate of drug-likeness (QED) is 0.0516. The molecule has 0 radical (unpaired) electrons. The minimum Gasteiger partial charge on any atom is -0.481 e. The number of carboxylic acid groups (broad SMARTS) is 1. The fourth-order valence-corrected chi connectivity index (χ4v) is 14.6. The molecule has 2 saturated heterocycles. The third-order valence-electron chi connectivity index (χ3n) is 14.4. The van der Waals surface area contributed by atoms with Gasteiger partial charge in [0.05, 0.1) is 26.6 Å². The van der Waals surface area contributed by atoms with E-state index < -0.39 is 73.9 Å². The molecule has 78 heavy (non-hydrogen) atoms. The van der Waals surface area contributed by atoms with Crippen LogP contribution in [-0.4, -0.2) is 115 Å². The van der Waals surface area contributed by atoms with Gasteiger partial charge < -0.3 is 29.7 Å². The number of carbonyl (C=O) groups is 1. The summed E-state index contributed by atoms with van der Waals surface area (Å²) in [6.07, 6.45) is 2.30. The second-order valence-electron chi connectivity index (χ2n) is 20.3. The molecule has 0 aliphatic carbocycles. The molecule has 418 valence electrons. The van der Waals surface area contributed by atoms with E-state index in [0.29, 0.717) is 121 Å². The molecule has 0 amide bonds. The number of sulfone groups is 2. The molecule has 1 unspecified atom stereocenters. The lowest BCUT2D eigenvalue weighted by Crippen LogP contribution is -2.46. The highest BCUT2D eigenvalue weighted by Gasteiger charge is 2.48. The Morgan fingerprint density at radius 3 is 1.99 bits per heavy atom. The van der Waals surface area contributed by atoms with Crippen molar-refractivity contribution < 1.29 is 52.7 Å². The molecule has 1 atom stereocenters. The van der Waals surface area contributed by atoms with Gasteiger partial charge in [-0.2, -0.15) is 13.2 Å². The normalized spacial score (nSPS) is 16.1. The number of nitrogens with one attached hydrogen (secondary N) is 2. The zero-order chi connectivity index (χ0) is 56.5. The maximum atomic E-state index is 15.8. The summed E-state index contributed by atoms with van der Waals surface area (Å²) in [5, 5.41) is 13.2. The van der Waals surface area contributed by atoms with Crippen LogP contribution < -0.4 is 19.8 Å². The van der Waals surface area contributed by atoms with Gasteiger partial charge in [0.25, 0.3) is 19.9 Å². The number of sulfonamides is 1. The number of piperazine rings is 1. The number of hydrogen-bond donors (Lipinski definition) is 3. The average Bonchev–Trinajstić information content (AvgIpc) is 3.85. The Morgan fingerprint density at radius 1 is 0.795 bits per heavy atom. The van der Waals surface area contributed by atoms with Gasteiger partial charge in [-0.1, -0.05) is 41.9 Å². The lowest BCUT2D eigenvalue weighted by molar-refractivity contribution is -0.150.